The van der Waals surface area contributed by atoms with Crippen molar-refractivity contribution >= 4 is 58.5 Å². The van der Waals surface area contributed by atoms with Crippen LogP contribution in [-0.2, 0) is 9.59 Å². The summed E-state index contributed by atoms with van der Waals surface area (Å²) in [5.41, 5.74) is 2.75. The number of benzene rings is 3. The van der Waals surface area contributed by atoms with Crippen LogP contribution in [0.5, 0.6) is 0 Å². The summed E-state index contributed by atoms with van der Waals surface area (Å²) in [5, 5.41) is 5.55. The fourth-order valence-corrected chi connectivity index (χ4v) is 2.89. The van der Waals surface area contributed by atoms with Gasteiger partial charge in [-0.15, -0.1) is 0 Å². The number of rotatable bonds is 6. The Morgan fingerprint density at radius 2 is 0.900 bits per heavy atom. The van der Waals surface area contributed by atoms with Crippen LogP contribution in [0.1, 0.15) is 11.1 Å². The van der Waals surface area contributed by atoms with Gasteiger partial charge >= 0.3 is 0 Å². The van der Waals surface area contributed by atoms with Gasteiger partial charge in [-0.1, -0.05) is 83.9 Å². The molecule has 0 saturated heterocycles. The van der Waals surface area contributed by atoms with Gasteiger partial charge in [0.05, 0.1) is 0 Å². The standard InChI is InChI=1S/C24H18Cl2N2O2/c25-21(15-17-7-3-1-4-8-17)23(29)27-19-11-13-20(14-12-19)28-24(30)22(26)16-18-9-5-2-6-10-18/h1-16H,(H,27,29)(H,28,30). The van der Waals surface area contributed by atoms with E-state index in [0.29, 0.717) is 11.4 Å². The summed E-state index contributed by atoms with van der Waals surface area (Å²) in [4.78, 5) is 24.5. The molecule has 0 unspecified atom stereocenters. The first kappa shape index (κ1) is 21.4. The molecule has 2 N–H and O–H groups in total. The molecule has 0 aromatic heterocycles. The van der Waals surface area contributed by atoms with Crippen molar-refractivity contribution in [2.24, 2.45) is 0 Å². The predicted molar refractivity (Wildman–Crippen MR) is 124 cm³/mol. The second-order valence-corrected chi connectivity index (χ2v) is 7.11. The van der Waals surface area contributed by atoms with E-state index in [9.17, 15) is 9.59 Å². The van der Waals surface area contributed by atoms with Crippen molar-refractivity contribution in [3.63, 3.8) is 0 Å². The van der Waals surface area contributed by atoms with E-state index in [4.69, 9.17) is 23.2 Å². The Bertz CT molecular complexity index is 989. The minimum absolute atomic E-state index is 0.0661. The summed E-state index contributed by atoms with van der Waals surface area (Å²) in [5.74, 6) is -0.850. The summed E-state index contributed by atoms with van der Waals surface area (Å²) < 4.78 is 0. The molecular formula is C24H18Cl2N2O2. The van der Waals surface area contributed by atoms with Crippen LogP contribution in [-0.4, -0.2) is 11.8 Å². The first-order chi connectivity index (χ1) is 14.5. The van der Waals surface area contributed by atoms with Crippen LogP contribution in [0.3, 0.4) is 0 Å². The molecule has 0 saturated carbocycles. The number of nitrogens with one attached hydrogen (secondary N) is 2. The highest BCUT2D eigenvalue weighted by Crippen LogP contribution is 2.18. The first-order valence-electron chi connectivity index (χ1n) is 9.08. The van der Waals surface area contributed by atoms with Gasteiger partial charge in [-0.2, -0.15) is 0 Å². The highest BCUT2D eigenvalue weighted by atomic mass is 35.5. The van der Waals surface area contributed by atoms with Gasteiger partial charge in [0.1, 0.15) is 10.1 Å². The molecule has 0 aliphatic carbocycles. The van der Waals surface area contributed by atoms with Crippen molar-refractivity contribution in [2.75, 3.05) is 10.6 Å². The molecule has 0 atom stereocenters. The number of hydrogen-bond acceptors (Lipinski definition) is 2. The molecule has 0 heterocycles. The van der Waals surface area contributed by atoms with Gasteiger partial charge in [0.15, 0.2) is 0 Å². The van der Waals surface area contributed by atoms with E-state index in [1.54, 1.807) is 36.4 Å². The smallest absolute Gasteiger partial charge is 0.267 e. The van der Waals surface area contributed by atoms with E-state index in [1.165, 1.54) is 0 Å². The van der Waals surface area contributed by atoms with Crippen molar-refractivity contribution in [3.8, 4) is 0 Å². The molecule has 150 valence electrons. The second kappa shape index (κ2) is 10.4. The van der Waals surface area contributed by atoms with Crippen LogP contribution in [0.2, 0.25) is 0 Å². The SMILES string of the molecule is O=C(Nc1ccc(NC(=O)C(Cl)=Cc2ccccc2)cc1)C(Cl)=Cc1ccccc1. The highest BCUT2D eigenvalue weighted by Gasteiger charge is 2.09. The monoisotopic (exact) mass is 436 g/mol. The van der Waals surface area contributed by atoms with Crippen LogP contribution in [0.4, 0.5) is 11.4 Å². The number of amides is 2. The first-order valence-corrected chi connectivity index (χ1v) is 9.84. The molecular weight excluding hydrogens is 419 g/mol. The van der Waals surface area contributed by atoms with Crippen molar-refractivity contribution in [2.45, 2.75) is 0 Å². The molecule has 4 nitrogen and oxygen atoms in total. The minimum atomic E-state index is -0.425. The average molecular weight is 437 g/mol. The summed E-state index contributed by atoms with van der Waals surface area (Å²) >= 11 is 12.2. The number of carbonyl (C=O) groups excluding carboxylic acids is 2. The van der Waals surface area contributed by atoms with E-state index >= 15 is 0 Å². The molecule has 2 amide bonds. The zero-order chi connectivity index (χ0) is 21.3. The van der Waals surface area contributed by atoms with Crippen LogP contribution in [0.15, 0.2) is 95.0 Å². The Labute approximate surface area is 184 Å². The number of hydrogen-bond donors (Lipinski definition) is 2. The van der Waals surface area contributed by atoms with E-state index in [1.807, 2.05) is 60.7 Å². The maximum absolute atomic E-state index is 12.2. The summed E-state index contributed by atoms with van der Waals surface area (Å²) in [6.07, 6.45) is 3.18. The quantitative estimate of drug-likeness (QED) is 0.457. The van der Waals surface area contributed by atoms with Gasteiger partial charge in [-0.3, -0.25) is 9.59 Å². The van der Waals surface area contributed by atoms with E-state index in [2.05, 4.69) is 10.6 Å². The van der Waals surface area contributed by atoms with Gasteiger partial charge < -0.3 is 10.6 Å². The Morgan fingerprint density at radius 1 is 0.567 bits per heavy atom. The zero-order valence-corrected chi connectivity index (χ0v) is 17.3. The van der Waals surface area contributed by atoms with E-state index in [0.717, 1.165) is 11.1 Å². The Morgan fingerprint density at radius 3 is 1.23 bits per heavy atom. The van der Waals surface area contributed by atoms with Crippen molar-refractivity contribution in [1.82, 2.24) is 0 Å². The van der Waals surface area contributed by atoms with Crippen LogP contribution >= 0.6 is 23.2 Å². The number of carbonyl (C=O) groups is 2. The topological polar surface area (TPSA) is 58.2 Å². The molecule has 0 fully saturated rings. The Hall–Kier alpha value is -3.34. The molecule has 3 aromatic rings. The third-order valence-corrected chi connectivity index (χ3v) is 4.58. The lowest BCUT2D eigenvalue weighted by Crippen LogP contribution is -2.13. The molecule has 3 aromatic carbocycles. The minimum Gasteiger partial charge on any atom is -0.321 e. The molecule has 0 aliphatic rings. The lowest BCUT2D eigenvalue weighted by molar-refractivity contribution is -0.113. The molecule has 0 radical (unpaired) electrons. The maximum Gasteiger partial charge on any atom is 0.267 e. The number of halogens is 2. The molecule has 0 bridgehead atoms. The fourth-order valence-electron chi connectivity index (χ4n) is 2.54. The van der Waals surface area contributed by atoms with Crippen LogP contribution in [0.25, 0.3) is 12.2 Å². The summed E-state index contributed by atoms with van der Waals surface area (Å²) in [7, 11) is 0. The lowest BCUT2D eigenvalue weighted by atomic mass is 10.2. The fraction of sp³-hybridized carbons (Fsp3) is 0. The molecule has 30 heavy (non-hydrogen) atoms. The predicted octanol–water partition coefficient (Wildman–Crippen LogP) is 6.12. The van der Waals surface area contributed by atoms with Gasteiger partial charge in [0.25, 0.3) is 11.8 Å². The van der Waals surface area contributed by atoms with Gasteiger partial charge in [0.2, 0.25) is 0 Å². The molecule has 0 spiro atoms. The lowest BCUT2D eigenvalue weighted by Gasteiger charge is -2.08. The third kappa shape index (κ3) is 6.34. The average Bonchev–Trinajstić information content (AvgIpc) is 2.76. The number of anilines is 2. The normalized spacial score (nSPS) is 11.7. The summed E-state index contributed by atoms with van der Waals surface area (Å²) in [6.45, 7) is 0. The molecule has 3 rings (SSSR count). The largest absolute Gasteiger partial charge is 0.321 e. The van der Waals surface area contributed by atoms with Gasteiger partial charge in [-0.05, 0) is 47.5 Å². The maximum atomic E-state index is 12.2. The highest BCUT2D eigenvalue weighted by molar-refractivity contribution is 6.46. The van der Waals surface area contributed by atoms with Crippen molar-refractivity contribution in [3.05, 3.63) is 106 Å². The van der Waals surface area contributed by atoms with Crippen molar-refractivity contribution < 1.29 is 9.59 Å². The molecule has 6 heteroatoms. The van der Waals surface area contributed by atoms with Gasteiger partial charge in [-0.25, -0.2) is 0 Å². The van der Waals surface area contributed by atoms with Crippen molar-refractivity contribution in [1.29, 1.82) is 0 Å². The Kier molecular flexibility index (Phi) is 7.44. The summed E-state index contributed by atoms with van der Waals surface area (Å²) in [6, 6.07) is 25.3. The third-order valence-electron chi connectivity index (χ3n) is 4.02. The van der Waals surface area contributed by atoms with E-state index in [-0.39, 0.29) is 10.1 Å². The second-order valence-electron chi connectivity index (χ2n) is 6.29. The van der Waals surface area contributed by atoms with E-state index < -0.39 is 11.8 Å². The Balaban J connectivity index is 1.59. The van der Waals surface area contributed by atoms with Crippen LogP contribution in [0, 0.1) is 0 Å². The molecule has 0 aliphatic heterocycles. The zero-order valence-electron chi connectivity index (χ0n) is 15.8. The van der Waals surface area contributed by atoms with Gasteiger partial charge in [0, 0.05) is 11.4 Å². The van der Waals surface area contributed by atoms with Crippen LogP contribution < -0.4 is 10.6 Å².